The molecule has 0 radical (unpaired) electrons. The van der Waals surface area contributed by atoms with Gasteiger partial charge in [-0.3, -0.25) is 9.10 Å². The van der Waals surface area contributed by atoms with Gasteiger partial charge in [-0.2, -0.15) is 0 Å². The van der Waals surface area contributed by atoms with Gasteiger partial charge < -0.3 is 10.1 Å². The lowest BCUT2D eigenvalue weighted by atomic mass is 10.2. The summed E-state index contributed by atoms with van der Waals surface area (Å²) in [6, 6.07) is 21.1. The molecular weight excluding hydrogens is 452 g/mol. The number of amides is 1. The Morgan fingerprint density at radius 1 is 0.969 bits per heavy atom. The van der Waals surface area contributed by atoms with E-state index < -0.39 is 28.5 Å². The number of carbonyl (C=O) groups excluding carboxylic acids is 2. The molecule has 0 unspecified atom stereocenters. The van der Waals surface area contributed by atoms with Crippen LogP contribution in [0, 0.1) is 0 Å². The van der Waals surface area contributed by atoms with Crippen molar-refractivity contribution in [2.75, 3.05) is 18.0 Å². The zero-order valence-corrected chi connectivity index (χ0v) is 18.8. The molecule has 0 fully saturated rings. The molecule has 0 saturated carbocycles. The SMILES string of the molecule is CN(c1ccccc1)S(=O)(=O)c1cccc(C(=O)OCC(=O)NCc2ccccc2Cl)c1. The van der Waals surface area contributed by atoms with Gasteiger partial charge in [0, 0.05) is 18.6 Å². The molecular formula is C23H21ClN2O5S. The highest BCUT2D eigenvalue weighted by Crippen LogP contribution is 2.22. The lowest BCUT2D eigenvalue weighted by Gasteiger charge is -2.19. The smallest absolute Gasteiger partial charge is 0.338 e. The number of hydrogen-bond acceptors (Lipinski definition) is 5. The van der Waals surface area contributed by atoms with E-state index in [0.29, 0.717) is 10.7 Å². The molecule has 0 bridgehead atoms. The summed E-state index contributed by atoms with van der Waals surface area (Å²) in [5.41, 5.74) is 1.23. The fraction of sp³-hybridized carbons (Fsp3) is 0.130. The Labute approximate surface area is 191 Å². The summed E-state index contributed by atoms with van der Waals surface area (Å²) >= 11 is 6.04. The van der Waals surface area contributed by atoms with Crippen molar-refractivity contribution in [3.05, 3.63) is 95.0 Å². The molecule has 1 amide bonds. The van der Waals surface area contributed by atoms with Crippen molar-refractivity contribution in [2.24, 2.45) is 0 Å². The minimum Gasteiger partial charge on any atom is -0.452 e. The lowest BCUT2D eigenvalue weighted by molar-refractivity contribution is -0.124. The maximum Gasteiger partial charge on any atom is 0.338 e. The van der Waals surface area contributed by atoms with Crippen molar-refractivity contribution in [2.45, 2.75) is 11.4 Å². The Morgan fingerprint density at radius 2 is 1.66 bits per heavy atom. The normalized spacial score (nSPS) is 10.9. The number of benzene rings is 3. The third kappa shape index (κ3) is 5.66. The maximum atomic E-state index is 12.9. The zero-order chi connectivity index (χ0) is 23.1. The van der Waals surface area contributed by atoms with Gasteiger partial charge in [0.05, 0.1) is 16.1 Å². The zero-order valence-electron chi connectivity index (χ0n) is 17.2. The van der Waals surface area contributed by atoms with Crippen molar-refractivity contribution >= 4 is 39.2 Å². The van der Waals surface area contributed by atoms with Crippen molar-refractivity contribution in [3.63, 3.8) is 0 Å². The fourth-order valence-corrected chi connectivity index (χ4v) is 4.26. The Bertz CT molecular complexity index is 1220. The standard InChI is InChI=1S/C23H21ClN2O5S/c1-26(19-10-3-2-4-11-19)32(29,30)20-12-7-9-17(14-20)23(28)31-16-22(27)25-15-18-8-5-6-13-21(18)24/h2-14H,15-16H2,1H3,(H,25,27). The number of esters is 1. The topological polar surface area (TPSA) is 92.8 Å². The molecule has 0 aliphatic carbocycles. The van der Waals surface area contributed by atoms with Crippen molar-refractivity contribution in [1.82, 2.24) is 5.32 Å². The second-order valence-electron chi connectivity index (χ2n) is 6.78. The van der Waals surface area contributed by atoms with Crippen LogP contribution in [0.5, 0.6) is 0 Å². The summed E-state index contributed by atoms with van der Waals surface area (Å²) in [5, 5.41) is 3.13. The molecule has 9 heteroatoms. The minimum absolute atomic E-state index is 0.0199. The van der Waals surface area contributed by atoms with E-state index in [1.807, 2.05) is 0 Å². The first-order valence-corrected chi connectivity index (χ1v) is 11.4. The van der Waals surface area contributed by atoms with Gasteiger partial charge in [-0.1, -0.05) is 54.1 Å². The van der Waals surface area contributed by atoms with Crippen LogP contribution in [-0.2, 0) is 26.1 Å². The van der Waals surface area contributed by atoms with Crippen LogP contribution in [0.2, 0.25) is 5.02 Å². The average molecular weight is 473 g/mol. The monoisotopic (exact) mass is 472 g/mol. The van der Waals surface area contributed by atoms with E-state index >= 15 is 0 Å². The number of para-hydroxylation sites is 1. The summed E-state index contributed by atoms with van der Waals surface area (Å²) in [7, 11) is -2.46. The van der Waals surface area contributed by atoms with E-state index in [1.54, 1.807) is 54.6 Å². The molecule has 1 N–H and O–H groups in total. The molecule has 3 aromatic rings. The van der Waals surface area contributed by atoms with Crippen LogP contribution in [-0.4, -0.2) is 33.9 Å². The fourth-order valence-electron chi connectivity index (χ4n) is 2.82. The molecule has 0 spiro atoms. The molecule has 3 aromatic carbocycles. The molecule has 0 aliphatic heterocycles. The van der Waals surface area contributed by atoms with Crippen LogP contribution in [0.4, 0.5) is 5.69 Å². The minimum atomic E-state index is -3.89. The Balaban J connectivity index is 1.62. The van der Waals surface area contributed by atoms with Crippen LogP contribution in [0.15, 0.2) is 83.8 Å². The van der Waals surface area contributed by atoms with Crippen LogP contribution in [0.1, 0.15) is 15.9 Å². The molecule has 3 rings (SSSR count). The molecule has 166 valence electrons. The molecule has 0 atom stereocenters. The number of sulfonamides is 1. The number of ether oxygens (including phenoxy) is 1. The second kappa shape index (κ2) is 10.3. The van der Waals surface area contributed by atoms with Gasteiger partial charge in [-0.05, 0) is 42.0 Å². The van der Waals surface area contributed by atoms with Gasteiger partial charge in [-0.25, -0.2) is 13.2 Å². The highest BCUT2D eigenvalue weighted by Gasteiger charge is 2.22. The number of anilines is 1. The first kappa shape index (κ1) is 23.3. The third-order valence-electron chi connectivity index (χ3n) is 4.62. The molecule has 0 aromatic heterocycles. The van der Waals surface area contributed by atoms with Crippen molar-refractivity contribution in [1.29, 1.82) is 0 Å². The van der Waals surface area contributed by atoms with E-state index in [0.717, 1.165) is 9.87 Å². The molecule has 0 heterocycles. The quantitative estimate of drug-likeness (QED) is 0.505. The van der Waals surface area contributed by atoms with E-state index in [1.165, 1.54) is 31.3 Å². The summed E-state index contributed by atoms with van der Waals surface area (Å²) in [5.74, 6) is -1.32. The highest BCUT2D eigenvalue weighted by molar-refractivity contribution is 7.92. The van der Waals surface area contributed by atoms with Crippen LogP contribution >= 0.6 is 11.6 Å². The number of halogens is 1. The summed E-state index contributed by atoms with van der Waals surface area (Å²) < 4.78 is 32.0. The van der Waals surface area contributed by atoms with Gasteiger partial charge in [0.2, 0.25) is 0 Å². The summed E-state index contributed by atoms with van der Waals surface area (Å²) in [4.78, 5) is 24.3. The van der Waals surface area contributed by atoms with Gasteiger partial charge >= 0.3 is 5.97 Å². The maximum absolute atomic E-state index is 12.9. The first-order valence-electron chi connectivity index (χ1n) is 9.60. The van der Waals surface area contributed by atoms with Gasteiger partial charge in [0.15, 0.2) is 6.61 Å². The van der Waals surface area contributed by atoms with Crippen LogP contribution in [0.3, 0.4) is 0 Å². The van der Waals surface area contributed by atoms with Gasteiger partial charge in [0.25, 0.3) is 15.9 Å². The predicted octanol–water partition coefficient (Wildman–Crippen LogP) is 3.64. The number of nitrogens with one attached hydrogen (secondary N) is 1. The van der Waals surface area contributed by atoms with Crippen molar-refractivity contribution < 1.29 is 22.7 Å². The van der Waals surface area contributed by atoms with E-state index in [2.05, 4.69) is 5.32 Å². The predicted molar refractivity (Wildman–Crippen MR) is 122 cm³/mol. The number of hydrogen-bond donors (Lipinski definition) is 1. The van der Waals surface area contributed by atoms with Gasteiger partial charge in [-0.15, -0.1) is 0 Å². The molecule has 32 heavy (non-hydrogen) atoms. The molecule has 0 aliphatic rings. The van der Waals surface area contributed by atoms with Crippen molar-refractivity contribution in [3.8, 4) is 0 Å². The Morgan fingerprint density at radius 3 is 2.38 bits per heavy atom. The summed E-state index contributed by atoms with van der Waals surface area (Å²) in [6.07, 6.45) is 0. The second-order valence-corrected chi connectivity index (χ2v) is 9.16. The highest BCUT2D eigenvalue weighted by atomic mass is 35.5. The van der Waals surface area contributed by atoms with Gasteiger partial charge in [0.1, 0.15) is 0 Å². The molecule has 7 nitrogen and oxygen atoms in total. The summed E-state index contributed by atoms with van der Waals surface area (Å²) in [6.45, 7) is -0.320. The van der Waals surface area contributed by atoms with E-state index in [9.17, 15) is 18.0 Å². The largest absolute Gasteiger partial charge is 0.452 e. The van der Waals surface area contributed by atoms with E-state index in [4.69, 9.17) is 16.3 Å². The third-order valence-corrected chi connectivity index (χ3v) is 6.77. The van der Waals surface area contributed by atoms with E-state index in [-0.39, 0.29) is 17.0 Å². The number of nitrogens with zero attached hydrogens (tertiary/aromatic N) is 1. The van der Waals surface area contributed by atoms with Crippen LogP contribution < -0.4 is 9.62 Å². The van der Waals surface area contributed by atoms with Crippen LogP contribution in [0.25, 0.3) is 0 Å². The Hall–Kier alpha value is -3.36. The molecule has 0 saturated heterocycles. The number of carbonyl (C=O) groups is 2. The Kier molecular flexibility index (Phi) is 7.50. The first-order chi connectivity index (χ1) is 15.3. The number of rotatable bonds is 8. The lowest BCUT2D eigenvalue weighted by Crippen LogP contribution is -2.28. The average Bonchev–Trinajstić information content (AvgIpc) is 2.82.